The maximum Gasteiger partial charge on any atom is 0.196 e. The van der Waals surface area contributed by atoms with E-state index in [1.165, 1.54) is 11.3 Å². The van der Waals surface area contributed by atoms with Crippen molar-refractivity contribution in [3.63, 3.8) is 0 Å². The summed E-state index contributed by atoms with van der Waals surface area (Å²) in [5.74, 6) is 0.0376. The minimum atomic E-state index is 0.0376. The first kappa shape index (κ1) is 11.0. The number of hydrogen-bond donors (Lipinski definition) is 0. The van der Waals surface area contributed by atoms with Crippen LogP contribution in [0.25, 0.3) is 0 Å². The highest BCUT2D eigenvalue weighted by Crippen LogP contribution is 2.26. The fourth-order valence-corrected chi connectivity index (χ4v) is 3.15. The predicted molar refractivity (Wildman–Crippen MR) is 69.6 cm³/mol. The first-order chi connectivity index (χ1) is 7.20. The summed E-state index contributed by atoms with van der Waals surface area (Å²) in [5, 5.41) is 3.76. The quantitative estimate of drug-likeness (QED) is 0.732. The third-order valence-electron chi connectivity index (χ3n) is 1.98. The molecule has 0 radical (unpaired) electrons. The number of carbonyl (C=O) groups is 1. The van der Waals surface area contributed by atoms with Crippen LogP contribution in [0.3, 0.4) is 0 Å². The van der Waals surface area contributed by atoms with Crippen LogP contribution in [0.2, 0.25) is 0 Å². The molecule has 0 saturated carbocycles. The molecule has 2 aromatic rings. The Morgan fingerprint density at radius 1 is 1.00 bits per heavy atom. The number of benzene rings is 1. The molecule has 0 aliphatic carbocycles. The van der Waals surface area contributed by atoms with E-state index in [0.29, 0.717) is 11.1 Å². The molecule has 0 aliphatic heterocycles. The van der Waals surface area contributed by atoms with Gasteiger partial charge in [-0.05, 0) is 28.1 Å². The van der Waals surface area contributed by atoms with E-state index in [9.17, 15) is 4.79 Å². The Morgan fingerprint density at radius 3 is 2.33 bits per heavy atom. The van der Waals surface area contributed by atoms with Gasteiger partial charge in [0.2, 0.25) is 0 Å². The van der Waals surface area contributed by atoms with Gasteiger partial charge in [0.15, 0.2) is 5.78 Å². The smallest absolute Gasteiger partial charge is 0.196 e. The van der Waals surface area contributed by atoms with Crippen LogP contribution in [-0.2, 0) is 0 Å². The fourth-order valence-electron chi connectivity index (χ4n) is 1.23. The van der Waals surface area contributed by atoms with E-state index < -0.39 is 0 Å². The number of thiophene rings is 1. The molecule has 0 atom stereocenters. The van der Waals surface area contributed by atoms with Gasteiger partial charge in [0.1, 0.15) is 0 Å². The molecule has 0 fully saturated rings. The lowest BCUT2D eigenvalue weighted by molar-refractivity contribution is 0.103. The molecule has 0 unspecified atom stereocenters. The zero-order valence-corrected chi connectivity index (χ0v) is 11.5. The highest BCUT2D eigenvalue weighted by atomic mass is 79.9. The van der Waals surface area contributed by atoms with Crippen LogP contribution in [0.4, 0.5) is 0 Å². The maximum atomic E-state index is 12.1. The van der Waals surface area contributed by atoms with Gasteiger partial charge >= 0.3 is 0 Å². The van der Waals surface area contributed by atoms with Crippen LogP contribution >= 0.6 is 43.2 Å². The Morgan fingerprint density at radius 2 is 1.73 bits per heavy atom. The number of halogens is 2. The highest BCUT2D eigenvalue weighted by molar-refractivity contribution is 9.11. The molecular formula is C11H6Br2OS. The van der Waals surface area contributed by atoms with Crippen LogP contribution in [0.1, 0.15) is 15.9 Å². The second-order valence-electron chi connectivity index (χ2n) is 2.94. The van der Waals surface area contributed by atoms with Crippen LogP contribution < -0.4 is 0 Å². The molecule has 0 saturated heterocycles. The number of hydrogen-bond acceptors (Lipinski definition) is 2. The highest BCUT2D eigenvalue weighted by Gasteiger charge is 2.15. The maximum absolute atomic E-state index is 12.1. The molecule has 76 valence electrons. The number of rotatable bonds is 2. The normalized spacial score (nSPS) is 10.3. The summed E-state index contributed by atoms with van der Waals surface area (Å²) in [6.45, 7) is 0. The lowest BCUT2D eigenvalue weighted by Crippen LogP contribution is -2.01. The van der Waals surface area contributed by atoms with Crippen molar-refractivity contribution in [3.8, 4) is 0 Å². The topological polar surface area (TPSA) is 17.1 Å². The summed E-state index contributed by atoms with van der Waals surface area (Å²) >= 11 is 8.25. The van der Waals surface area contributed by atoms with Crippen LogP contribution in [-0.4, -0.2) is 5.78 Å². The first-order valence-corrected chi connectivity index (χ1v) is 6.74. The molecule has 15 heavy (non-hydrogen) atoms. The molecule has 0 amide bonds. The van der Waals surface area contributed by atoms with E-state index in [2.05, 4.69) is 31.9 Å². The zero-order chi connectivity index (χ0) is 10.8. The van der Waals surface area contributed by atoms with Gasteiger partial charge in [-0.1, -0.05) is 28.1 Å². The van der Waals surface area contributed by atoms with Crippen LogP contribution in [0, 0.1) is 0 Å². The van der Waals surface area contributed by atoms with Gasteiger partial charge in [0, 0.05) is 30.8 Å². The average Bonchev–Trinajstić information content (AvgIpc) is 2.64. The van der Waals surface area contributed by atoms with Crippen molar-refractivity contribution in [1.82, 2.24) is 0 Å². The summed E-state index contributed by atoms with van der Waals surface area (Å²) in [6.07, 6.45) is 0. The molecule has 0 N–H and O–H groups in total. The third-order valence-corrected chi connectivity index (χ3v) is 4.37. The average molecular weight is 346 g/mol. The Hall–Kier alpha value is -0.450. The third kappa shape index (κ3) is 2.22. The van der Waals surface area contributed by atoms with Crippen molar-refractivity contribution >= 4 is 49.0 Å². The van der Waals surface area contributed by atoms with Crippen molar-refractivity contribution in [3.05, 3.63) is 55.1 Å². The summed E-state index contributed by atoms with van der Waals surface area (Å²) in [7, 11) is 0. The lowest BCUT2D eigenvalue weighted by Gasteiger charge is -2.01. The van der Waals surface area contributed by atoms with Gasteiger partial charge in [-0.2, -0.15) is 11.3 Å². The van der Waals surface area contributed by atoms with E-state index in [-0.39, 0.29) is 5.78 Å². The van der Waals surface area contributed by atoms with E-state index in [1.54, 1.807) is 0 Å². The van der Waals surface area contributed by atoms with E-state index in [0.717, 1.165) is 8.95 Å². The van der Waals surface area contributed by atoms with Gasteiger partial charge in [0.05, 0.1) is 0 Å². The number of carbonyl (C=O) groups excluding carboxylic acids is 1. The summed E-state index contributed by atoms with van der Waals surface area (Å²) < 4.78 is 1.68. The molecule has 2 rings (SSSR count). The monoisotopic (exact) mass is 344 g/mol. The molecule has 1 heterocycles. The molecule has 1 aromatic carbocycles. The van der Waals surface area contributed by atoms with Crippen molar-refractivity contribution in [2.24, 2.45) is 0 Å². The van der Waals surface area contributed by atoms with Crippen molar-refractivity contribution in [1.29, 1.82) is 0 Å². The summed E-state index contributed by atoms with van der Waals surface area (Å²) in [4.78, 5) is 12.1. The standard InChI is InChI=1S/C11H6Br2OS/c12-9-4-2-1-3-7(9)11(14)8-5-15-6-10(8)13/h1-6H. The summed E-state index contributed by atoms with van der Waals surface area (Å²) in [5.41, 5.74) is 1.41. The van der Waals surface area contributed by atoms with Gasteiger partial charge in [-0.25, -0.2) is 0 Å². The molecule has 0 aliphatic rings. The van der Waals surface area contributed by atoms with Crippen molar-refractivity contribution in [2.45, 2.75) is 0 Å². The van der Waals surface area contributed by atoms with E-state index in [1.807, 2.05) is 35.0 Å². The zero-order valence-electron chi connectivity index (χ0n) is 7.54. The summed E-state index contributed by atoms with van der Waals surface area (Å²) in [6, 6.07) is 7.44. The second kappa shape index (κ2) is 4.60. The van der Waals surface area contributed by atoms with Gasteiger partial charge in [0.25, 0.3) is 0 Å². The van der Waals surface area contributed by atoms with Crippen molar-refractivity contribution < 1.29 is 4.79 Å². The molecule has 4 heteroatoms. The van der Waals surface area contributed by atoms with E-state index >= 15 is 0 Å². The Bertz CT molecular complexity index is 505. The Balaban J connectivity index is 2.46. The molecule has 0 spiro atoms. The predicted octanol–water partition coefficient (Wildman–Crippen LogP) is 4.50. The second-order valence-corrected chi connectivity index (χ2v) is 5.39. The molecule has 1 aromatic heterocycles. The minimum absolute atomic E-state index is 0.0376. The molecule has 0 bridgehead atoms. The van der Waals surface area contributed by atoms with Crippen LogP contribution in [0.15, 0.2) is 44.0 Å². The Kier molecular flexibility index (Phi) is 3.38. The van der Waals surface area contributed by atoms with Gasteiger partial charge in [-0.3, -0.25) is 4.79 Å². The Labute approximate surface area is 108 Å². The minimum Gasteiger partial charge on any atom is -0.288 e. The van der Waals surface area contributed by atoms with E-state index in [4.69, 9.17) is 0 Å². The SMILES string of the molecule is O=C(c1ccccc1Br)c1cscc1Br. The molecule has 1 nitrogen and oxygen atoms in total. The van der Waals surface area contributed by atoms with Crippen molar-refractivity contribution in [2.75, 3.05) is 0 Å². The number of ketones is 1. The largest absolute Gasteiger partial charge is 0.288 e. The molecular weight excluding hydrogens is 340 g/mol. The van der Waals surface area contributed by atoms with Gasteiger partial charge in [-0.15, -0.1) is 0 Å². The fraction of sp³-hybridized carbons (Fsp3) is 0. The van der Waals surface area contributed by atoms with Crippen LogP contribution in [0.5, 0.6) is 0 Å². The first-order valence-electron chi connectivity index (χ1n) is 4.21. The van der Waals surface area contributed by atoms with Gasteiger partial charge < -0.3 is 0 Å². The lowest BCUT2D eigenvalue weighted by atomic mass is 10.1.